The maximum absolute atomic E-state index is 13.1. The molecule has 0 aliphatic carbocycles. The highest BCUT2D eigenvalue weighted by molar-refractivity contribution is 5.77. The lowest BCUT2D eigenvalue weighted by Crippen LogP contribution is -2.37. The molecule has 0 N–H and O–H groups in total. The first-order valence-electron chi connectivity index (χ1n) is 10.1. The van der Waals surface area contributed by atoms with Crippen LogP contribution >= 0.6 is 0 Å². The number of hydrogen-bond donors (Lipinski definition) is 0. The van der Waals surface area contributed by atoms with Crippen LogP contribution in [0.25, 0.3) is 11.5 Å². The Morgan fingerprint density at radius 2 is 1.89 bits per heavy atom. The second-order valence-corrected chi connectivity index (χ2v) is 7.54. The molecule has 2 aromatic rings. The number of carbonyl (C=O) groups is 1. The summed E-state index contributed by atoms with van der Waals surface area (Å²) >= 11 is 0. The first-order chi connectivity index (χ1) is 13.3. The lowest BCUT2D eigenvalue weighted by molar-refractivity contribution is -0.135. The van der Waals surface area contributed by atoms with Crippen LogP contribution in [0.5, 0.6) is 0 Å². The smallest absolute Gasteiger partial charge is 0.257 e. The van der Waals surface area contributed by atoms with Gasteiger partial charge in [-0.15, -0.1) is 0 Å². The van der Waals surface area contributed by atoms with Crippen LogP contribution in [0.1, 0.15) is 56.8 Å². The average Bonchev–Trinajstić information content (AvgIpc) is 3.07. The van der Waals surface area contributed by atoms with Gasteiger partial charge in [0.25, 0.3) is 5.89 Å². The molecule has 0 radical (unpaired) electrons. The molecule has 1 aromatic carbocycles. The van der Waals surface area contributed by atoms with E-state index in [1.807, 2.05) is 35.2 Å². The van der Waals surface area contributed by atoms with Gasteiger partial charge in [0.1, 0.15) is 0 Å². The molecule has 6 heteroatoms. The van der Waals surface area contributed by atoms with Crippen molar-refractivity contribution >= 4 is 5.91 Å². The molecule has 1 aromatic heterocycles. The van der Waals surface area contributed by atoms with E-state index >= 15 is 0 Å². The van der Waals surface area contributed by atoms with Gasteiger partial charge in [0.05, 0.1) is 6.04 Å². The van der Waals surface area contributed by atoms with E-state index in [4.69, 9.17) is 9.26 Å². The van der Waals surface area contributed by atoms with E-state index < -0.39 is 0 Å². The number of hydrogen-bond acceptors (Lipinski definition) is 5. The Hall–Kier alpha value is -2.21. The van der Waals surface area contributed by atoms with Gasteiger partial charge in [-0.25, -0.2) is 0 Å². The van der Waals surface area contributed by atoms with Crippen LogP contribution in [-0.4, -0.2) is 40.7 Å². The van der Waals surface area contributed by atoms with Gasteiger partial charge in [-0.2, -0.15) is 4.98 Å². The van der Waals surface area contributed by atoms with Crippen molar-refractivity contribution in [3.63, 3.8) is 0 Å². The fraction of sp³-hybridized carbons (Fsp3) is 0.571. The number of nitrogens with zero attached hydrogens (tertiary/aromatic N) is 3. The fourth-order valence-corrected chi connectivity index (χ4v) is 4.06. The SMILES string of the molecule is O=C(CC1CCOCC1)N1CCCCCC1c1noc(-c2ccccc2)n1. The van der Waals surface area contributed by atoms with E-state index in [-0.39, 0.29) is 11.9 Å². The molecular formula is C21H27N3O3. The lowest BCUT2D eigenvalue weighted by atomic mass is 9.95. The molecular weight excluding hydrogens is 342 g/mol. The molecule has 1 unspecified atom stereocenters. The number of likely N-dealkylation sites (tertiary alicyclic amines) is 1. The van der Waals surface area contributed by atoms with Crippen molar-refractivity contribution in [2.45, 2.75) is 51.0 Å². The van der Waals surface area contributed by atoms with Crippen molar-refractivity contribution in [3.8, 4) is 11.5 Å². The molecule has 1 amide bonds. The second-order valence-electron chi connectivity index (χ2n) is 7.54. The Bertz CT molecular complexity index is 740. The third kappa shape index (κ3) is 4.38. The molecule has 2 saturated heterocycles. The van der Waals surface area contributed by atoms with Crippen molar-refractivity contribution < 1.29 is 14.1 Å². The van der Waals surface area contributed by atoms with Gasteiger partial charge < -0.3 is 14.2 Å². The number of rotatable bonds is 4. The van der Waals surface area contributed by atoms with Crippen molar-refractivity contribution in [2.75, 3.05) is 19.8 Å². The van der Waals surface area contributed by atoms with Crippen molar-refractivity contribution in [3.05, 3.63) is 36.2 Å². The Balaban J connectivity index is 1.51. The van der Waals surface area contributed by atoms with Crippen LogP contribution in [0.15, 0.2) is 34.9 Å². The van der Waals surface area contributed by atoms with E-state index in [0.717, 1.165) is 63.8 Å². The first kappa shape index (κ1) is 18.2. The largest absolute Gasteiger partial charge is 0.381 e. The maximum Gasteiger partial charge on any atom is 0.257 e. The summed E-state index contributed by atoms with van der Waals surface area (Å²) in [6.07, 6.45) is 6.72. The Morgan fingerprint density at radius 3 is 2.70 bits per heavy atom. The summed E-state index contributed by atoms with van der Waals surface area (Å²) < 4.78 is 10.9. The zero-order chi connectivity index (χ0) is 18.5. The predicted octanol–water partition coefficient (Wildman–Crippen LogP) is 4.00. The van der Waals surface area contributed by atoms with Crippen LogP contribution in [0, 0.1) is 5.92 Å². The highest BCUT2D eigenvalue weighted by Crippen LogP contribution is 2.31. The summed E-state index contributed by atoms with van der Waals surface area (Å²) in [4.78, 5) is 19.7. The fourth-order valence-electron chi connectivity index (χ4n) is 4.06. The van der Waals surface area contributed by atoms with Crippen molar-refractivity contribution in [2.24, 2.45) is 5.92 Å². The van der Waals surface area contributed by atoms with Crippen molar-refractivity contribution in [1.82, 2.24) is 15.0 Å². The molecule has 2 fully saturated rings. The van der Waals surface area contributed by atoms with Gasteiger partial charge in [-0.05, 0) is 43.7 Å². The minimum Gasteiger partial charge on any atom is -0.381 e. The van der Waals surface area contributed by atoms with E-state index in [2.05, 4.69) is 10.1 Å². The molecule has 27 heavy (non-hydrogen) atoms. The lowest BCUT2D eigenvalue weighted by Gasteiger charge is -2.30. The summed E-state index contributed by atoms with van der Waals surface area (Å²) in [5, 5.41) is 4.24. The molecule has 0 saturated carbocycles. The quantitative estimate of drug-likeness (QED) is 0.815. The van der Waals surface area contributed by atoms with Gasteiger partial charge in [0.2, 0.25) is 5.91 Å². The van der Waals surface area contributed by atoms with Gasteiger partial charge >= 0.3 is 0 Å². The van der Waals surface area contributed by atoms with E-state index in [9.17, 15) is 4.79 Å². The van der Waals surface area contributed by atoms with Gasteiger partial charge in [0.15, 0.2) is 5.82 Å². The third-order valence-corrected chi connectivity index (χ3v) is 5.64. The molecule has 1 atom stereocenters. The normalized spacial score (nSPS) is 21.8. The topological polar surface area (TPSA) is 68.5 Å². The number of aromatic nitrogens is 2. The standard InChI is InChI=1S/C21H27N3O3/c25-19(15-16-10-13-26-14-11-16)24-12-6-2-5-9-18(24)20-22-21(27-23-20)17-7-3-1-4-8-17/h1,3-4,7-8,16,18H,2,5-6,9-15H2. The molecule has 144 valence electrons. The number of carbonyl (C=O) groups excluding carboxylic acids is 1. The molecule has 4 rings (SSSR count). The molecule has 2 aliphatic heterocycles. The summed E-state index contributed by atoms with van der Waals surface area (Å²) in [6.45, 7) is 2.32. The van der Waals surface area contributed by atoms with Gasteiger partial charge in [-0.3, -0.25) is 4.79 Å². The van der Waals surface area contributed by atoms with Crippen LogP contribution in [0.2, 0.25) is 0 Å². The summed E-state index contributed by atoms with van der Waals surface area (Å²) in [6, 6.07) is 9.70. The average molecular weight is 369 g/mol. The maximum atomic E-state index is 13.1. The Labute approximate surface area is 159 Å². The van der Waals surface area contributed by atoms with Crippen LogP contribution in [0.4, 0.5) is 0 Å². The van der Waals surface area contributed by atoms with Gasteiger partial charge in [-0.1, -0.05) is 36.2 Å². The second kappa shape index (κ2) is 8.65. The minimum atomic E-state index is -0.0824. The highest BCUT2D eigenvalue weighted by Gasteiger charge is 2.32. The highest BCUT2D eigenvalue weighted by atomic mass is 16.5. The van der Waals surface area contributed by atoms with E-state index in [0.29, 0.717) is 24.1 Å². The van der Waals surface area contributed by atoms with Gasteiger partial charge in [0, 0.05) is 31.7 Å². The number of ether oxygens (including phenoxy) is 1. The third-order valence-electron chi connectivity index (χ3n) is 5.64. The summed E-state index contributed by atoms with van der Waals surface area (Å²) in [7, 11) is 0. The monoisotopic (exact) mass is 369 g/mol. The van der Waals surface area contributed by atoms with Crippen LogP contribution in [-0.2, 0) is 9.53 Å². The van der Waals surface area contributed by atoms with Crippen molar-refractivity contribution in [1.29, 1.82) is 0 Å². The summed E-state index contributed by atoms with van der Waals surface area (Å²) in [5.41, 5.74) is 0.907. The molecule has 6 nitrogen and oxygen atoms in total. The predicted molar refractivity (Wildman–Crippen MR) is 101 cm³/mol. The Morgan fingerprint density at radius 1 is 1.07 bits per heavy atom. The first-order valence-corrected chi connectivity index (χ1v) is 10.1. The molecule has 0 bridgehead atoms. The van der Waals surface area contributed by atoms with Crippen LogP contribution < -0.4 is 0 Å². The number of benzene rings is 1. The zero-order valence-electron chi connectivity index (χ0n) is 15.7. The van der Waals surface area contributed by atoms with Crippen LogP contribution in [0.3, 0.4) is 0 Å². The molecule has 3 heterocycles. The summed E-state index contributed by atoms with van der Waals surface area (Å²) in [5.74, 6) is 1.81. The van der Waals surface area contributed by atoms with E-state index in [1.54, 1.807) is 0 Å². The molecule has 0 spiro atoms. The number of amides is 1. The van der Waals surface area contributed by atoms with E-state index in [1.165, 1.54) is 0 Å². The zero-order valence-corrected chi connectivity index (χ0v) is 15.7. The Kier molecular flexibility index (Phi) is 5.82. The molecule has 2 aliphatic rings. The minimum absolute atomic E-state index is 0.0824.